The van der Waals surface area contributed by atoms with E-state index in [0.717, 1.165) is 10.4 Å². The van der Waals surface area contributed by atoms with Crippen LogP contribution in [0.4, 0.5) is 11.4 Å². The number of nitro benzene ring substituents is 1. The molecule has 0 aliphatic rings. The molecule has 2 aromatic rings. The third-order valence-corrected chi connectivity index (χ3v) is 5.29. The monoisotopic (exact) mass is 361 g/mol. The number of nitro groups is 1. The van der Waals surface area contributed by atoms with Crippen molar-refractivity contribution in [1.29, 1.82) is 0 Å². The Morgan fingerprint density at radius 1 is 1.27 bits per heavy atom. The maximum atomic E-state index is 12.6. The van der Waals surface area contributed by atoms with Crippen LogP contribution in [0.5, 0.6) is 0 Å². The highest BCUT2D eigenvalue weighted by molar-refractivity contribution is 7.93. The maximum absolute atomic E-state index is 12.6. The second kappa shape index (κ2) is 6.07. The van der Waals surface area contributed by atoms with Crippen molar-refractivity contribution in [3.8, 4) is 0 Å². The van der Waals surface area contributed by atoms with Crippen LogP contribution in [0, 0.1) is 10.1 Å². The van der Waals surface area contributed by atoms with E-state index in [0.29, 0.717) is 0 Å². The van der Waals surface area contributed by atoms with E-state index in [1.165, 1.54) is 37.5 Å². The Kier molecular flexibility index (Phi) is 4.55. The van der Waals surface area contributed by atoms with Gasteiger partial charge in [-0.05, 0) is 24.3 Å². The minimum atomic E-state index is -4.12. The number of rotatable bonds is 4. The Hall–Kier alpha value is -1.90. The van der Waals surface area contributed by atoms with Crippen molar-refractivity contribution in [3.63, 3.8) is 0 Å². The topological polar surface area (TPSA) is 93.4 Å². The molecule has 0 bridgehead atoms. The van der Waals surface area contributed by atoms with Crippen LogP contribution in [-0.2, 0) is 10.0 Å². The molecule has 0 saturated heterocycles. The standard InChI is InChI=1S/C12H9Cl2N3O4S/c1-16(10-7-8(13)4-5-9(10)17(18)19)22(20,21)11-3-2-6-15-12(11)14/h2-7H,1H3. The molecule has 0 atom stereocenters. The Bertz CT molecular complexity index is 842. The fourth-order valence-electron chi connectivity index (χ4n) is 1.74. The molecular weight excluding hydrogens is 353 g/mol. The molecule has 22 heavy (non-hydrogen) atoms. The summed E-state index contributed by atoms with van der Waals surface area (Å²) in [6.07, 6.45) is 1.34. The molecular formula is C12H9Cl2N3O4S. The summed E-state index contributed by atoms with van der Waals surface area (Å²) in [5.74, 6) is 0. The average molecular weight is 362 g/mol. The number of nitrogens with zero attached hydrogens (tertiary/aromatic N) is 3. The van der Waals surface area contributed by atoms with Crippen LogP contribution in [0.3, 0.4) is 0 Å². The molecule has 0 fully saturated rings. The number of hydrogen-bond donors (Lipinski definition) is 0. The predicted molar refractivity (Wildman–Crippen MR) is 82.9 cm³/mol. The zero-order valence-electron chi connectivity index (χ0n) is 11.1. The van der Waals surface area contributed by atoms with Crippen LogP contribution in [0.15, 0.2) is 41.4 Å². The summed E-state index contributed by atoms with van der Waals surface area (Å²) >= 11 is 11.6. The first-order chi connectivity index (χ1) is 10.2. The van der Waals surface area contributed by atoms with Gasteiger partial charge in [0, 0.05) is 24.3 Å². The quantitative estimate of drug-likeness (QED) is 0.473. The first kappa shape index (κ1) is 16.5. The predicted octanol–water partition coefficient (Wildman–Crippen LogP) is 3.12. The highest BCUT2D eigenvalue weighted by Gasteiger charge is 2.29. The Morgan fingerprint density at radius 2 is 1.95 bits per heavy atom. The summed E-state index contributed by atoms with van der Waals surface area (Å²) in [7, 11) is -2.94. The molecule has 1 aromatic carbocycles. The van der Waals surface area contributed by atoms with Gasteiger partial charge in [0.05, 0.1) is 4.92 Å². The molecule has 0 spiro atoms. The minimum absolute atomic E-state index is 0.167. The van der Waals surface area contributed by atoms with E-state index >= 15 is 0 Å². The fraction of sp³-hybridized carbons (Fsp3) is 0.0833. The lowest BCUT2D eigenvalue weighted by atomic mass is 10.3. The van der Waals surface area contributed by atoms with Crippen molar-refractivity contribution in [1.82, 2.24) is 4.98 Å². The molecule has 0 aliphatic heterocycles. The Balaban J connectivity index is 2.61. The zero-order chi connectivity index (χ0) is 16.5. The van der Waals surface area contributed by atoms with Crippen LogP contribution in [0.1, 0.15) is 0 Å². The van der Waals surface area contributed by atoms with Gasteiger partial charge in [0.25, 0.3) is 15.7 Å². The summed E-state index contributed by atoms with van der Waals surface area (Å²) < 4.78 is 25.9. The number of sulfonamides is 1. The van der Waals surface area contributed by atoms with E-state index in [4.69, 9.17) is 23.2 Å². The highest BCUT2D eigenvalue weighted by Crippen LogP contribution is 2.34. The van der Waals surface area contributed by atoms with Crippen molar-refractivity contribution < 1.29 is 13.3 Å². The first-order valence-corrected chi connectivity index (χ1v) is 7.98. The Morgan fingerprint density at radius 3 is 2.55 bits per heavy atom. The van der Waals surface area contributed by atoms with E-state index < -0.39 is 20.6 Å². The summed E-state index contributed by atoms with van der Waals surface area (Å²) in [5.41, 5.74) is -0.562. The van der Waals surface area contributed by atoms with Crippen molar-refractivity contribution in [2.45, 2.75) is 4.90 Å². The van der Waals surface area contributed by atoms with Crippen molar-refractivity contribution >= 4 is 44.6 Å². The fourth-order valence-corrected chi connectivity index (χ4v) is 3.54. The van der Waals surface area contributed by atoms with Crippen LogP contribution in [0.25, 0.3) is 0 Å². The summed E-state index contributed by atoms with van der Waals surface area (Å²) in [6, 6.07) is 6.30. The number of anilines is 1. The minimum Gasteiger partial charge on any atom is -0.262 e. The number of aromatic nitrogens is 1. The van der Waals surface area contributed by atoms with Crippen LogP contribution in [0.2, 0.25) is 10.2 Å². The largest absolute Gasteiger partial charge is 0.293 e. The van der Waals surface area contributed by atoms with Gasteiger partial charge in [0.1, 0.15) is 15.7 Å². The lowest BCUT2D eigenvalue weighted by Crippen LogP contribution is -2.27. The van der Waals surface area contributed by atoms with Crippen LogP contribution < -0.4 is 4.31 Å². The molecule has 0 N–H and O–H groups in total. The van der Waals surface area contributed by atoms with Gasteiger partial charge < -0.3 is 0 Å². The molecule has 1 aromatic heterocycles. The number of pyridine rings is 1. The normalized spacial score (nSPS) is 11.2. The van der Waals surface area contributed by atoms with Gasteiger partial charge in [-0.15, -0.1) is 0 Å². The van der Waals surface area contributed by atoms with E-state index in [1.54, 1.807) is 0 Å². The zero-order valence-corrected chi connectivity index (χ0v) is 13.4. The molecule has 0 unspecified atom stereocenters. The molecule has 2 rings (SSSR count). The lowest BCUT2D eigenvalue weighted by Gasteiger charge is -2.19. The van der Waals surface area contributed by atoms with Gasteiger partial charge in [0.2, 0.25) is 0 Å². The van der Waals surface area contributed by atoms with Crippen molar-refractivity contribution in [2.75, 3.05) is 11.4 Å². The summed E-state index contributed by atoms with van der Waals surface area (Å²) in [6.45, 7) is 0. The SMILES string of the molecule is CN(c1cc(Cl)ccc1[N+](=O)[O-])S(=O)(=O)c1cccnc1Cl. The first-order valence-electron chi connectivity index (χ1n) is 5.78. The maximum Gasteiger partial charge on any atom is 0.293 e. The third kappa shape index (κ3) is 2.99. The van der Waals surface area contributed by atoms with Gasteiger partial charge in [0.15, 0.2) is 0 Å². The van der Waals surface area contributed by atoms with Gasteiger partial charge in [-0.3, -0.25) is 14.4 Å². The molecule has 0 radical (unpaired) electrons. The average Bonchev–Trinajstić information content (AvgIpc) is 2.46. The van der Waals surface area contributed by atoms with E-state index in [1.807, 2.05) is 0 Å². The molecule has 10 heteroatoms. The molecule has 7 nitrogen and oxygen atoms in total. The third-order valence-electron chi connectivity index (χ3n) is 2.84. The van der Waals surface area contributed by atoms with Gasteiger partial charge in [-0.2, -0.15) is 0 Å². The number of hydrogen-bond acceptors (Lipinski definition) is 5. The highest BCUT2D eigenvalue weighted by atomic mass is 35.5. The second-order valence-electron chi connectivity index (χ2n) is 4.16. The molecule has 0 aliphatic carbocycles. The van der Waals surface area contributed by atoms with E-state index in [9.17, 15) is 18.5 Å². The number of halogens is 2. The molecule has 1 heterocycles. The van der Waals surface area contributed by atoms with Gasteiger partial charge in [-0.25, -0.2) is 13.4 Å². The van der Waals surface area contributed by atoms with Crippen molar-refractivity contribution in [2.24, 2.45) is 0 Å². The van der Waals surface area contributed by atoms with Crippen LogP contribution in [-0.4, -0.2) is 25.4 Å². The van der Waals surface area contributed by atoms with Gasteiger partial charge in [-0.1, -0.05) is 23.2 Å². The second-order valence-corrected chi connectivity index (χ2v) is 6.89. The van der Waals surface area contributed by atoms with Crippen LogP contribution >= 0.6 is 23.2 Å². The van der Waals surface area contributed by atoms with E-state index in [-0.39, 0.29) is 20.8 Å². The molecule has 0 saturated carbocycles. The Labute approximate surface area is 136 Å². The number of benzene rings is 1. The smallest absolute Gasteiger partial charge is 0.262 e. The molecule has 0 amide bonds. The summed E-state index contributed by atoms with van der Waals surface area (Å²) in [5, 5.41) is 11.0. The van der Waals surface area contributed by atoms with Gasteiger partial charge >= 0.3 is 0 Å². The lowest BCUT2D eigenvalue weighted by molar-refractivity contribution is -0.384. The van der Waals surface area contributed by atoms with Crippen molar-refractivity contribution in [3.05, 3.63) is 56.8 Å². The van der Waals surface area contributed by atoms with E-state index in [2.05, 4.69) is 4.98 Å². The molecule has 116 valence electrons. The summed E-state index contributed by atoms with van der Waals surface area (Å²) in [4.78, 5) is 13.8.